The van der Waals surface area contributed by atoms with Gasteiger partial charge in [-0.15, -0.1) is 0 Å². The summed E-state index contributed by atoms with van der Waals surface area (Å²) in [5.74, 6) is 0. The van der Waals surface area contributed by atoms with Crippen LogP contribution in [0.1, 0.15) is 45.1 Å². The molecule has 0 spiro atoms. The SMILES string of the molecule is CCCC(CCC)NCc1cnn(C)c1. The summed E-state index contributed by atoms with van der Waals surface area (Å²) in [6.45, 7) is 5.43. The lowest BCUT2D eigenvalue weighted by Crippen LogP contribution is -2.28. The third kappa shape index (κ3) is 4.47. The highest BCUT2D eigenvalue weighted by Crippen LogP contribution is 2.06. The summed E-state index contributed by atoms with van der Waals surface area (Å²) < 4.78 is 1.85. The Morgan fingerprint density at radius 1 is 1.33 bits per heavy atom. The van der Waals surface area contributed by atoms with Crippen LogP contribution in [0.5, 0.6) is 0 Å². The fourth-order valence-corrected chi connectivity index (χ4v) is 1.87. The van der Waals surface area contributed by atoms with E-state index >= 15 is 0 Å². The molecule has 0 saturated carbocycles. The summed E-state index contributed by atoms with van der Waals surface area (Å²) in [6, 6.07) is 0.667. The van der Waals surface area contributed by atoms with Crippen molar-refractivity contribution in [2.45, 2.75) is 52.1 Å². The van der Waals surface area contributed by atoms with Gasteiger partial charge < -0.3 is 5.32 Å². The van der Waals surface area contributed by atoms with Crippen molar-refractivity contribution in [2.24, 2.45) is 7.05 Å². The molecule has 0 atom stereocenters. The molecular formula is C12H23N3. The van der Waals surface area contributed by atoms with E-state index < -0.39 is 0 Å². The molecule has 1 N–H and O–H groups in total. The van der Waals surface area contributed by atoms with E-state index in [0.717, 1.165) is 6.54 Å². The Kier molecular flexibility index (Phi) is 5.40. The zero-order valence-corrected chi connectivity index (χ0v) is 10.2. The van der Waals surface area contributed by atoms with Gasteiger partial charge in [0.05, 0.1) is 6.20 Å². The van der Waals surface area contributed by atoms with Crippen LogP contribution < -0.4 is 5.32 Å². The molecule has 3 heteroatoms. The normalized spacial score (nSPS) is 11.2. The van der Waals surface area contributed by atoms with E-state index in [1.807, 2.05) is 17.9 Å². The van der Waals surface area contributed by atoms with Crippen molar-refractivity contribution in [2.75, 3.05) is 0 Å². The molecule has 0 aromatic carbocycles. The third-order valence-electron chi connectivity index (χ3n) is 2.63. The molecule has 1 aromatic rings. The van der Waals surface area contributed by atoms with Crippen molar-refractivity contribution in [1.82, 2.24) is 15.1 Å². The lowest BCUT2D eigenvalue weighted by Gasteiger charge is -2.16. The van der Waals surface area contributed by atoms with Crippen LogP contribution in [-0.2, 0) is 13.6 Å². The van der Waals surface area contributed by atoms with Crippen LogP contribution in [-0.4, -0.2) is 15.8 Å². The lowest BCUT2D eigenvalue weighted by molar-refractivity contribution is 0.443. The highest BCUT2D eigenvalue weighted by Gasteiger charge is 2.05. The summed E-state index contributed by atoms with van der Waals surface area (Å²) in [5.41, 5.74) is 1.27. The van der Waals surface area contributed by atoms with E-state index in [-0.39, 0.29) is 0 Å². The minimum Gasteiger partial charge on any atom is -0.310 e. The van der Waals surface area contributed by atoms with E-state index in [1.165, 1.54) is 31.2 Å². The molecular weight excluding hydrogens is 186 g/mol. The first-order valence-corrected chi connectivity index (χ1v) is 5.97. The maximum absolute atomic E-state index is 4.16. The van der Waals surface area contributed by atoms with E-state index in [9.17, 15) is 0 Å². The molecule has 3 nitrogen and oxygen atoms in total. The first-order valence-electron chi connectivity index (χ1n) is 5.97. The second-order valence-corrected chi connectivity index (χ2v) is 4.18. The Balaban J connectivity index is 2.32. The second-order valence-electron chi connectivity index (χ2n) is 4.18. The van der Waals surface area contributed by atoms with Gasteiger partial charge in [0.15, 0.2) is 0 Å². The van der Waals surface area contributed by atoms with Crippen LogP contribution in [0.3, 0.4) is 0 Å². The van der Waals surface area contributed by atoms with Crippen molar-refractivity contribution in [3.63, 3.8) is 0 Å². The smallest absolute Gasteiger partial charge is 0.0534 e. The van der Waals surface area contributed by atoms with Crippen molar-refractivity contribution < 1.29 is 0 Å². The molecule has 0 fully saturated rings. The van der Waals surface area contributed by atoms with Gasteiger partial charge in [0.1, 0.15) is 0 Å². The molecule has 0 saturated heterocycles. The number of hydrogen-bond acceptors (Lipinski definition) is 2. The summed E-state index contributed by atoms with van der Waals surface area (Å²) in [5, 5.41) is 7.76. The van der Waals surface area contributed by atoms with E-state index in [0.29, 0.717) is 6.04 Å². The maximum Gasteiger partial charge on any atom is 0.0534 e. The maximum atomic E-state index is 4.16. The number of aromatic nitrogens is 2. The number of aryl methyl sites for hydroxylation is 1. The van der Waals surface area contributed by atoms with Gasteiger partial charge in [-0.1, -0.05) is 26.7 Å². The van der Waals surface area contributed by atoms with Gasteiger partial charge in [-0.05, 0) is 12.8 Å². The Hall–Kier alpha value is -0.830. The van der Waals surface area contributed by atoms with Crippen molar-refractivity contribution in [3.8, 4) is 0 Å². The molecule has 0 bridgehead atoms. The first kappa shape index (κ1) is 12.2. The summed E-state index contributed by atoms with van der Waals surface area (Å²) >= 11 is 0. The van der Waals surface area contributed by atoms with Gasteiger partial charge in [-0.3, -0.25) is 4.68 Å². The Morgan fingerprint density at radius 3 is 2.47 bits per heavy atom. The summed E-state index contributed by atoms with van der Waals surface area (Å²) in [7, 11) is 1.96. The molecule has 86 valence electrons. The van der Waals surface area contributed by atoms with Crippen LogP contribution in [0.2, 0.25) is 0 Å². The molecule has 0 aliphatic heterocycles. The molecule has 0 unspecified atom stereocenters. The van der Waals surface area contributed by atoms with Crippen molar-refractivity contribution in [1.29, 1.82) is 0 Å². The summed E-state index contributed by atoms with van der Waals surface area (Å²) in [4.78, 5) is 0. The predicted octanol–water partition coefficient (Wildman–Crippen LogP) is 2.48. The highest BCUT2D eigenvalue weighted by atomic mass is 15.2. The number of nitrogens with one attached hydrogen (secondary N) is 1. The van der Waals surface area contributed by atoms with E-state index in [2.05, 4.69) is 30.5 Å². The molecule has 15 heavy (non-hydrogen) atoms. The molecule has 0 radical (unpaired) electrons. The minimum absolute atomic E-state index is 0.667. The lowest BCUT2D eigenvalue weighted by atomic mass is 10.1. The Morgan fingerprint density at radius 2 is 2.00 bits per heavy atom. The fourth-order valence-electron chi connectivity index (χ4n) is 1.87. The quantitative estimate of drug-likeness (QED) is 0.747. The Labute approximate surface area is 92.9 Å². The van der Waals surface area contributed by atoms with Gasteiger partial charge in [0.25, 0.3) is 0 Å². The average molecular weight is 209 g/mol. The van der Waals surface area contributed by atoms with Crippen molar-refractivity contribution in [3.05, 3.63) is 18.0 Å². The van der Waals surface area contributed by atoms with E-state index in [4.69, 9.17) is 0 Å². The fraction of sp³-hybridized carbons (Fsp3) is 0.750. The minimum atomic E-state index is 0.667. The van der Waals surface area contributed by atoms with Crippen molar-refractivity contribution >= 4 is 0 Å². The molecule has 1 rings (SSSR count). The van der Waals surface area contributed by atoms with Crippen LogP contribution in [0.4, 0.5) is 0 Å². The van der Waals surface area contributed by atoms with Crippen LogP contribution in [0.25, 0.3) is 0 Å². The molecule has 0 amide bonds. The van der Waals surface area contributed by atoms with Gasteiger partial charge in [-0.25, -0.2) is 0 Å². The highest BCUT2D eigenvalue weighted by molar-refractivity contribution is 5.03. The van der Waals surface area contributed by atoms with Crippen LogP contribution >= 0.6 is 0 Å². The predicted molar refractivity (Wildman–Crippen MR) is 63.7 cm³/mol. The Bertz CT molecular complexity index is 262. The zero-order chi connectivity index (χ0) is 11.1. The number of rotatable bonds is 7. The first-order chi connectivity index (χ1) is 7.26. The van der Waals surface area contributed by atoms with Gasteiger partial charge >= 0.3 is 0 Å². The largest absolute Gasteiger partial charge is 0.310 e. The van der Waals surface area contributed by atoms with Gasteiger partial charge in [0, 0.05) is 31.4 Å². The molecule has 1 heterocycles. The number of hydrogen-bond donors (Lipinski definition) is 1. The molecule has 0 aliphatic rings. The molecule has 1 aromatic heterocycles. The van der Waals surface area contributed by atoms with E-state index in [1.54, 1.807) is 0 Å². The topological polar surface area (TPSA) is 29.9 Å². The summed E-state index contributed by atoms with van der Waals surface area (Å²) in [6.07, 6.45) is 9.06. The average Bonchev–Trinajstić information content (AvgIpc) is 2.61. The second kappa shape index (κ2) is 6.62. The van der Waals surface area contributed by atoms with Gasteiger partial charge in [0.2, 0.25) is 0 Å². The van der Waals surface area contributed by atoms with Gasteiger partial charge in [-0.2, -0.15) is 5.10 Å². The van der Waals surface area contributed by atoms with Crippen LogP contribution in [0, 0.1) is 0 Å². The number of nitrogens with zero attached hydrogens (tertiary/aromatic N) is 2. The van der Waals surface area contributed by atoms with Crippen LogP contribution in [0.15, 0.2) is 12.4 Å². The molecule has 0 aliphatic carbocycles. The monoisotopic (exact) mass is 209 g/mol. The zero-order valence-electron chi connectivity index (χ0n) is 10.2. The standard InChI is InChI=1S/C12H23N3/c1-4-6-12(7-5-2)13-8-11-9-14-15(3)10-11/h9-10,12-13H,4-8H2,1-3H3. The third-order valence-corrected chi connectivity index (χ3v) is 2.63.